The Morgan fingerprint density at radius 3 is 2.30 bits per heavy atom. The molecule has 3 aromatic carbocycles. The van der Waals surface area contributed by atoms with Crippen LogP contribution in [0, 0.1) is 19.0 Å². The van der Waals surface area contributed by atoms with Gasteiger partial charge in [0, 0.05) is 47.7 Å². The minimum atomic E-state index is -2.29. The van der Waals surface area contributed by atoms with Crippen LogP contribution in [-0.2, 0) is 31.9 Å². The van der Waals surface area contributed by atoms with Crippen LogP contribution in [-0.4, -0.2) is 15.0 Å². The SMILES string of the molecule is [2H]C([2H])([2H])c1ccc2c(n1)oc1c(-c3cc(Cc4ccc(C(C)(C)C)cc4)ccn3)[c-]ccc12.[Ir].[c-]1ccccc1-c1ccccn1. The van der Waals surface area contributed by atoms with E-state index in [1.807, 2.05) is 60.7 Å². The molecule has 0 N–H and O–H groups in total. The van der Waals surface area contributed by atoms with Crippen molar-refractivity contribution in [3.63, 3.8) is 0 Å². The molecule has 0 aliphatic rings. The van der Waals surface area contributed by atoms with Crippen molar-refractivity contribution in [3.8, 4) is 22.5 Å². The fraction of sp³-hybridized carbons (Fsp3) is 0.154. The summed E-state index contributed by atoms with van der Waals surface area (Å²) in [4.78, 5) is 13.0. The maximum Gasteiger partial charge on any atom is 0.216 e. The summed E-state index contributed by atoms with van der Waals surface area (Å²) in [5, 5.41) is 1.63. The zero-order valence-electron chi connectivity index (χ0n) is 27.8. The Morgan fingerprint density at radius 1 is 0.750 bits per heavy atom. The van der Waals surface area contributed by atoms with Crippen molar-refractivity contribution in [3.05, 3.63) is 150 Å². The third kappa shape index (κ3) is 7.02. The monoisotopic (exact) mass is 755 g/mol. The number of benzene rings is 3. The minimum Gasteiger partial charge on any atom is -0.486 e. The zero-order chi connectivity index (χ0) is 32.3. The van der Waals surface area contributed by atoms with E-state index in [4.69, 9.17) is 8.53 Å². The van der Waals surface area contributed by atoms with Crippen molar-refractivity contribution in [2.75, 3.05) is 0 Å². The van der Waals surface area contributed by atoms with Crippen molar-refractivity contribution in [2.24, 2.45) is 0 Å². The van der Waals surface area contributed by atoms with E-state index in [1.54, 1.807) is 18.5 Å². The summed E-state index contributed by atoms with van der Waals surface area (Å²) < 4.78 is 28.9. The molecule has 0 spiro atoms. The van der Waals surface area contributed by atoms with Gasteiger partial charge in [-0.25, -0.2) is 4.98 Å². The van der Waals surface area contributed by atoms with Crippen LogP contribution in [0.3, 0.4) is 0 Å². The first-order chi connectivity index (χ1) is 22.1. The summed E-state index contributed by atoms with van der Waals surface area (Å²) >= 11 is 0. The number of rotatable bonds is 4. The molecule has 0 aliphatic heterocycles. The van der Waals surface area contributed by atoms with E-state index in [1.165, 1.54) is 17.2 Å². The average molecular weight is 755 g/mol. The third-order valence-electron chi connectivity index (χ3n) is 7.26. The first-order valence-electron chi connectivity index (χ1n) is 15.7. The van der Waals surface area contributed by atoms with Crippen molar-refractivity contribution < 1.29 is 28.6 Å². The second-order valence-corrected chi connectivity index (χ2v) is 11.4. The largest absolute Gasteiger partial charge is 0.486 e. The van der Waals surface area contributed by atoms with Crippen LogP contribution in [0.25, 0.3) is 44.6 Å². The van der Waals surface area contributed by atoms with Crippen molar-refractivity contribution in [1.82, 2.24) is 15.0 Å². The quantitative estimate of drug-likeness (QED) is 0.168. The van der Waals surface area contributed by atoms with E-state index in [0.717, 1.165) is 45.3 Å². The topological polar surface area (TPSA) is 51.8 Å². The molecule has 0 atom stereocenters. The Labute approximate surface area is 276 Å². The Kier molecular flexibility index (Phi) is 8.30. The number of hydrogen-bond donors (Lipinski definition) is 0. The molecule has 221 valence electrons. The van der Waals surface area contributed by atoms with Crippen molar-refractivity contribution in [1.29, 1.82) is 0 Å². The summed E-state index contributed by atoms with van der Waals surface area (Å²) in [6.45, 7) is 4.35. The van der Waals surface area contributed by atoms with Crippen LogP contribution in [0.2, 0.25) is 0 Å². The van der Waals surface area contributed by atoms with E-state index in [9.17, 15) is 0 Å². The molecule has 44 heavy (non-hydrogen) atoms. The Hall–Kier alpha value is -4.44. The molecular formula is C39H33IrN3O-2. The van der Waals surface area contributed by atoms with Gasteiger partial charge in [0.1, 0.15) is 0 Å². The van der Waals surface area contributed by atoms with Crippen molar-refractivity contribution in [2.45, 2.75) is 39.5 Å². The Morgan fingerprint density at radius 2 is 1.57 bits per heavy atom. The van der Waals surface area contributed by atoms with E-state index in [2.05, 4.69) is 78.2 Å². The standard InChI is InChI=1S/C28H25N2O.C11H8N.Ir/c1-18-8-13-23-22-6-5-7-24(26(22)31-27(23)30-18)25-17-20(14-15-29-25)16-19-9-11-21(12-10-19)28(2,3)4;1-2-6-10(7-3-1)11-8-4-5-9-12-11;/h5-6,8-15,17H,16H2,1-4H3;1-6,8-9H;/q2*-1;/i1D3;;. The molecule has 4 nitrogen and oxygen atoms in total. The summed E-state index contributed by atoms with van der Waals surface area (Å²) in [7, 11) is 0. The number of pyridine rings is 3. The first kappa shape index (κ1) is 27.1. The first-order valence-corrected chi connectivity index (χ1v) is 14.2. The van der Waals surface area contributed by atoms with E-state index in [0.29, 0.717) is 11.3 Å². The van der Waals surface area contributed by atoms with E-state index < -0.39 is 6.85 Å². The molecule has 0 saturated carbocycles. The predicted molar refractivity (Wildman–Crippen MR) is 175 cm³/mol. The molecule has 7 rings (SSSR count). The average Bonchev–Trinajstić information content (AvgIpc) is 3.44. The molecule has 0 aliphatic carbocycles. The molecule has 0 bridgehead atoms. The molecule has 0 fully saturated rings. The molecule has 4 heterocycles. The molecule has 5 heteroatoms. The summed E-state index contributed by atoms with van der Waals surface area (Å²) in [5.74, 6) is 0. The van der Waals surface area contributed by atoms with Crippen LogP contribution in [0.5, 0.6) is 0 Å². The van der Waals surface area contributed by atoms with Crippen LogP contribution < -0.4 is 0 Å². The van der Waals surface area contributed by atoms with Gasteiger partial charge < -0.3 is 14.4 Å². The number of fused-ring (bicyclic) bond motifs is 3. The molecular weight excluding hydrogens is 719 g/mol. The number of aryl methyl sites for hydroxylation is 1. The van der Waals surface area contributed by atoms with Gasteiger partial charge in [-0.3, -0.25) is 0 Å². The van der Waals surface area contributed by atoms with Crippen molar-refractivity contribution >= 4 is 22.1 Å². The van der Waals surface area contributed by atoms with Gasteiger partial charge in [-0.2, -0.15) is 0 Å². The zero-order valence-corrected chi connectivity index (χ0v) is 27.2. The van der Waals surface area contributed by atoms with Gasteiger partial charge in [0.15, 0.2) is 0 Å². The Balaban J connectivity index is 0.000000280. The summed E-state index contributed by atoms with van der Waals surface area (Å²) in [6.07, 6.45) is 4.38. The smallest absolute Gasteiger partial charge is 0.216 e. The Bertz CT molecular complexity index is 2050. The maximum absolute atomic E-state index is 7.63. The van der Waals surface area contributed by atoms with E-state index >= 15 is 0 Å². The van der Waals surface area contributed by atoms with Gasteiger partial charge in [-0.15, -0.1) is 54.1 Å². The number of aromatic nitrogens is 3. The summed E-state index contributed by atoms with van der Waals surface area (Å²) in [5.41, 5.74) is 8.23. The molecule has 7 aromatic rings. The molecule has 1 radical (unpaired) electrons. The normalized spacial score (nSPS) is 12.4. The molecule has 4 aromatic heterocycles. The van der Waals surface area contributed by atoms with Crippen LogP contribution in [0.1, 0.15) is 47.3 Å². The second kappa shape index (κ2) is 13.5. The van der Waals surface area contributed by atoms with Gasteiger partial charge in [0.25, 0.3) is 0 Å². The predicted octanol–water partition coefficient (Wildman–Crippen LogP) is 9.59. The van der Waals surface area contributed by atoms with Gasteiger partial charge in [-0.1, -0.05) is 74.2 Å². The minimum absolute atomic E-state index is 0. The van der Waals surface area contributed by atoms with Gasteiger partial charge >= 0.3 is 0 Å². The maximum atomic E-state index is 7.63. The fourth-order valence-corrected chi connectivity index (χ4v) is 4.97. The fourth-order valence-electron chi connectivity index (χ4n) is 4.97. The van der Waals surface area contributed by atoms with Gasteiger partial charge in [0.05, 0.1) is 5.58 Å². The molecule has 0 amide bonds. The number of hydrogen-bond acceptors (Lipinski definition) is 4. The third-order valence-corrected chi connectivity index (χ3v) is 7.26. The van der Waals surface area contributed by atoms with Gasteiger partial charge in [-0.05, 0) is 71.0 Å². The second-order valence-electron chi connectivity index (χ2n) is 11.4. The summed E-state index contributed by atoms with van der Waals surface area (Å²) in [6, 6.07) is 39.9. The number of furan rings is 1. The van der Waals surface area contributed by atoms with Crippen LogP contribution in [0.4, 0.5) is 0 Å². The van der Waals surface area contributed by atoms with Crippen LogP contribution >= 0.6 is 0 Å². The molecule has 0 unspecified atom stereocenters. The number of nitrogens with zero attached hydrogens (tertiary/aromatic N) is 3. The van der Waals surface area contributed by atoms with E-state index in [-0.39, 0.29) is 31.2 Å². The molecule has 0 saturated heterocycles. The van der Waals surface area contributed by atoms with Crippen LogP contribution in [0.15, 0.2) is 120 Å². The van der Waals surface area contributed by atoms with Gasteiger partial charge in [0.2, 0.25) is 5.71 Å².